The Hall–Kier alpha value is -2.09. The van der Waals surface area contributed by atoms with Crippen LogP contribution >= 0.6 is 0 Å². The molecule has 0 amide bonds. The van der Waals surface area contributed by atoms with E-state index in [1.54, 1.807) is 38.0 Å². The summed E-state index contributed by atoms with van der Waals surface area (Å²) >= 11 is 0. The largest absolute Gasteiger partial charge is 0.369 e. The van der Waals surface area contributed by atoms with E-state index in [0.29, 0.717) is 93.1 Å². The van der Waals surface area contributed by atoms with E-state index in [0.717, 1.165) is 182 Å². The summed E-state index contributed by atoms with van der Waals surface area (Å²) in [4.78, 5) is 36.5. The van der Waals surface area contributed by atoms with Gasteiger partial charge in [-0.2, -0.15) is 10.1 Å². The molecule has 0 bridgehead atoms. The van der Waals surface area contributed by atoms with Crippen LogP contribution in [0.4, 0.5) is 0 Å². The number of allylic oxidation sites excluding steroid dienone is 3. The SMILES string of the molecule is C.C.CC1=C2C[C@H]3[C@@H](CC[C@@H]4CC(=O)CC[C@@]43C)[C@@H]2CC[C@@]2(C1)O[C@@H]1C[C@H](C)CN(O)[C@H]1[C@H]2C.CC1=C2C[C@H]3[C@@H](CC[C@@H]4CC(=O)CC[C@@]43C)[C@@H]2CC[C@@]2(C1)O[C@@H]1C[C@H](C)CN(O)[C@H]1[C@H]2C.CC1=C2C[C@H]3[C@@H](CC[C@@H]4CC(=O)CC[C@@]43C)[C@@H]2CC[C@@]2(C1)O[C@@H]1C[C@H](C)CN[C@H]1[C@H]2C. The molecular weight excluding hydrogens is 1200 g/mol. The number of rotatable bonds is 0. The first-order valence-corrected chi connectivity index (χ1v) is 40.5. The van der Waals surface area contributed by atoms with E-state index in [1.807, 2.05) is 5.57 Å². The van der Waals surface area contributed by atoms with Gasteiger partial charge in [0.1, 0.15) is 17.3 Å². The van der Waals surface area contributed by atoms with E-state index in [1.165, 1.54) is 89.9 Å². The van der Waals surface area contributed by atoms with Crippen molar-refractivity contribution in [1.82, 2.24) is 15.4 Å². The van der Waals surface area contributed by atoms with E-state index in [-0.39, 0.29) is 55.9 Å². The van der Waals surface area contributed by atoms with Crippen LogP contribution in [-0.2, 0) is 28.6 Å². The van der Waals surface area contributed by atoms with Crippen LogP contribution in [0.25, 0.3) is 0 Å². The highest BCUT2D eigenvalue weighted by atomic mass is 16.6. The predicted octanol–water partition coefficient (Wildman–Crippen LogP) is 18.5. The molecule has 12 aliphatic carbocycles. The number of carbonyl (C=O) groups excluding carboxylic acids is 3. The van der Waals surface area contributed by atoms with Crippen molar-refractivity contribution in [2.45, 2.75) is 344 Å². The van der Waals surface area contributed by atoms with Crippen LogP contribution < -0.4 is 5.32 Å². The highest BCUT2D eigenvalue weighted by Crippen LogP contribution is 2.69. The van der Waals surface area contributed by atoms with E-state index in [4.69, 9.17) is 14.2 Å². The lowest BCUT2D eigenvalue weighted by Gasteiger charge is -2.52. The van der Waals surface area contributed by atoms with Crippen LogP contribution in [0.15, 0.2) is 33.4 Å². The molecule has 18 aliphatic rings. The summed E-state index contributed by atoms with van der Waals surface area (Å²) in [6.45, 7) is 31.6. The highest BCUT2D eigenvalue weighted by molar-refractivity contribution is 5.80. The summed E-state index contributed by atoms with van der Waals surface area (Å²) in [5, 5.41) is 28.6. The minimum absolute atomic E-state index is 0. The third kappa shape index (κ3) is 11.6. The molecule has 18 rings (SSSR count). The monoisotopic (exact) mass is 1340 g/mol. The first kappa shape index (κ1) is 71.9. The van der Waals surface area contributed by atoms with E-state index in [2.05, 4.69) is 88.4 Å². The Morgan fingerprint density at radius 3 is 1.11 bits per heavy atom. The third-order valence-corrected chi connectivity index (χ3v) is 34.5. The van der Waals surface area contributed by atoms with Gasteiger partial charge in [0.05, 0.1) is 47.2 Å². The van der Waals surface area contributed by atoms with Gasteiger partial charge in [0.25, 0.3) is 0 Å². The van der Waals surface area contributed by atoms with Gasteiger partial charge in [-0.1, -0.05) is 111 Å². The van der Waals surface area contributed by atoms with Gasteiger partial charge >= 0.3 is 0 Å². The van der Waals surface area contributed by atoms with Gasteiger partial charge in [0, 0.05) is 75.4 Å². The average Bonchev–Trinajstić information content (AvgIpc) is 1.72. The number of fused-ring (bicyclic) bond motifs is 18. The Balaban J connectivity index is 0.000000123. The molecule has 0 aromatic carbocycles. The van der Waals surface area contributed by atoms with Gasteiger partial charge in [-0.05, 0) is 286 Å². The molecule has 3 spiro atoms. The van der Waals surface area contributed by atoms with Crippen molar-refractivity contribution in [3.63, 3.8) is 0 Å². The summed E-state index contributed by atoms with van der Waals surface area (Å²) in [6.07, 6.45) is 34.8. The highest BCUT2D eigenvalue weighted by Gasteiger charge is 2.65. The summed E-state index contributed by atoms with van der Waals surface area (Å²) < 4.78 is 20.9. The number of nitrogens with zero attached hydrogens (tertiary/aromatic N) is 2. The van der Waals surface area contributed by atoms with Crippen LogP contribution in [0.5, 0.6) is 0 Å². The Labute approximate surface area is 588 Å². The molecule has 3 N–H and O–H groups in total. The number of hydrogen-bond donors (Lipinski definition) is 3. The second kappa shape index (κ2) is 26.2. The van der Waals surface area contributed by atoms with Crippen molar-refractivity contribution in [2.75, 3.05) is 19.6 Å². The zero-order valence-electron chi connectivity index (χ0n) is 61.4. The van der Waals surface area contributed by atoms with Crippen molar-refractivity contribution >= 4 is 17.3 Å². The lowest BCUT2D eigenvalue weighted by atomic mass is 9.52. The molecule has 97 heavy (non-hydrogen) atoms. The number of hydroxylamine groups is 4. The van der Waals surface area contributed by atoms with Crippen molar-refractivity contribution in [3.8, 4) is 0 Å². The van der Waals surface area contributed by atoms with E-state index in [9.17, 15) is 24.8 Å². The number of Topliss-reactive ketones (excluding diaryl/α,β-unsaturated/α-hetero) is 3. The molecule has 6 aliphatic heterocycles. The number of nitrogens with one attached hydrogen (secondary N) is 1. The van der Waals surface area contributed by atoms with Crippen LogP contribution in [0, 0.1) is 123 Å². The van der Waals surface area contributed by atoms with Crippen molar-refractivity contribution in [2.24, 2.45) is 123 Å². The number of carbonyl (C=O) groups is 3. The first-order valence-electron chi connectivity index (χ1n) is 40.5. The maximum Gasteiger partial charge on any atom is 0.133 e. The molecule has 6 saturated heterocycles. The fourth-order valence-electron chi connectivity index (χ4n) is 29.2. The molecule has 0 unspecified atom stereocenters. The van der Waals surface area contributed by atoms with Crippen LogP contribution in [0.3, 0.4) is 0 Å². The van der Waals surface area contributed by atoms with E-state index < -0.39 is 0 Å². The summed E-state index contributed by atoms with van der Waals surface area (Å²) in [7, 11) is 0. The summed E-state index contributed by atoms with van der Waals surface area (Å²) in [5.41, 5.74) is 11.2. The van der Waals surface area contributed by atoms with Crippen LogP contribution in [0.2, 0.25) is 0 Å². The molecule has 30 atom stereocenters. The standard InChI is InChI=1S/2C28H43NO3.C28H43NO2.2CH4/c2*1-16-11-25-26(29(31)15-16)18(3)28(32-25)10-8-21-22-6-5-19-12-20(30)7-9-27(19,4)24(22)13-23(21)17(2)14-28;1-16-11-25-26(29-15-16)18(3)28(31-25)10-8-21-22-6-5-19-12-20(30)7-9-27(19,4)24(22)13-23(21)17(2)14-28;;/h2*16,18-19,21-22,24-26,31H,5-15H2,1-4H3;16,18-19,21-22,24-26,29H,5-15H2,1-4H3;2*1H4/t3*16-,18+,19+,21-,22-,24-,25+,26-,27-,28-;;/m000../s1. The third-order valence-electron chi connectivity index (χ3n) is 34.5. The van der Waals surface area contributed by atoms with Crippen LogP contribution in [-0.4, -0.2) is 111 Å². The van der Waals surface area contributed by atoms with Gasteiger partial charge in [-0.3, -0.25) is 14.4 Å². The number of piperidine rings is 3. The number of hydrogen-bond acceptors (Lipinski definition) is 11. The lowest BCUT2D eigenvalue weighted by molar-refractivity contribution is -0.179. The molecule has 0 radical (unpaired) electrons. The zero-order chi connectivity index (χ0) is 66.4. The minimum atomic E-state index is -0.102. The maximum atomic E-state index is 12.2. The van der Waals surface area contributed by atoms with Gasteiger partial charge in [0.2, 0.25) is 0 Å². The molecule has 0 aromatic rings. The predicted molar refractivity (Wildman–Crippen MR) is 385 cm³/mol. The molecule has 11 nitrogen and oxygen atoms in total. The smallest absolute Gasteiger partial charge is 0.133 e. The second-order valence-electron chi connectivity index (χ2n) is 39.1. The minimum Gasteiger partial charge on any atom is -0.369 e. The first-order chi connectivity index (χ1) is 45.2. The Morgan fingerprint density at radius 1 is 0.423 bits per heavy atom. The molecular formula is C86H137N3O8. The molecule has 0 aromatic heterocycles. The fraction of sp³-hybridized carbons (Fsp3) is 0.895. The summed E-state index contributed by atoms with van der Waals surface area (Å²) in [6, 6.07) is 0.862. The molecule has 6 heterocycles. The van der Waals surface area contributed by atoms with Gasteiger partial charge in [-0.25, -0.2) is 0 Å². The quantitative estimate of drug-likeness (QED) is 0.200. The average molecular weight is 1340 g/mol. The molecule has 15 fully saturated rings. The van der Waals surface area contributed by atoms with Crippen molar-refractivity contribution < 1.29 is 39.0 Å². The summed E-state index contributed by atoms with van der Waals surface area (Å²) in [5.74, 6) is 13.6. The Bertz CT molecular complexity index is 2980. The molecule has 544 valence electrons. The van der Waals surface area contributed by atoms with Gasteiger partial charge in [-0.15, -0.1) is 0 Å². The number of ketones is 3. The zero-order valence-corrected chi connectivity index (χ0v) is 61.4. The topological polar surface area (TPSA) is 138 Å². The Morgan fingerprint density at radius 2 is 0.753 bits per heavy atom. The van der Waals surface area contributed by atoms with Crippen LogP contribution in [0.1, 0.15) is 291 Å². The number of ether oxygens (including phenoxy) is 3. The maximum absolute atomic E-state index is 12.2. The normalized spacial score (nSPS) is 52.7. The Kier molecular flexibility index (Phi) is 19.4. The van der Waals surface area contributed by atoms with E-state index >= 15 is 0 Å². The fourth-order valence-corrected chi connectivity index (χ4v) is 29.2. The van der Waals surface area contributed by atoms with Gasteiger partial charge in [0.15, 0.2) is 0 Å². The molecule has 11 heteroatoms. The van der Waals surface area contributed by atoms with Crippen molar-refractivity contribution in [1.29, 1.82) is 0 Å². The van der Waals surface area contributed by atoms with Crippen molar-refractivity contribution in [3.05, 3.63) is 33.4 Å². The lowest BCUT2D eigenvalue weighted by Crippen LogP contribution is -2.50. The molecule has 9 saturated carbocycles. The van der Waals surface area contributed by atoms with Gasteiger partial charge < -0.3 is 29.9 Å². The second-order valence-corrected chi connectivity index (χ2v) is 39.1.